The fourth-order valence-corrected chi connectivity index (χ4v) is 3.16. The summed E-state index contributed by atoms with van der Waals surface area (Å²) in [5.74, 6) is 1.59. The fourth-order valence-electron chi connectivity index (χ4n) is 3.16. The van der Waals surface area contributed by atoms with E-state index in [1.807, 2.05) is 54.6 Å². The van der Waals surface area contributed by atoms with Gasteiger partial charge >= 0.3 is 0 Å². The number of rotatable bonds is 5. The monoisotopic (exact) mass is 407 g/mol. The van der Waals surface area contributed by atoms with E-state index in [0.29, 0.717) is 28.4 Å². The molecule has 0 saturated carbocycles. The molecule has 0 bridgehead atoms. The molecule has 0 spiro atoms. The minimum atomic E-state index is -0.269. The number of aromatic nitrogens is 2. The predicted octanol–water partition coefficient (Wildman–Crippen LogP) is 5.80. The minimum absolute atomic E-state index is 0.269. The molecule has 0 radical (unpaired) electrons. The summed E-state index contributed by atoms with van der Waals surface area (Å²) in [5.41, 5.74) is 3.75. The van der Waals surface area contributed by atoms with Gasteiger partial charge < -0.3 is 14.2 Å². The Morgan fingerprint density at radius 1 is 0.871 bits per heavy atom. The van der Waals surface area contributed by atoms with E-state index in [1.54, 1.807) is 36.7 Å². The largest absolute Gasteiger partial charge is 0.457 e. The van der Waals surface area contributed by atoms with Crippen LogP contribution in [0.4, 0.5) is 5.69 Å². The lowest BCUT2D eigenvalue weighted by atomic mass is 10.2. The molecule has 1 amide bonds. The lowest BCUT2D eigenvalue weighted by molar-refractivity contribution is -0.111. The molecule has 150 valence electrons. The first-order valence-corrected chi connectivity index (χ1v) is 9.70. The normalized spacial score (nSPS) is 11.2. The van der Waals surface area contributed by atoms with Crippen LogP contribution in [0.1, 0.15) is 5.76 Å². The molecule has 3 aromatic heterocycles. The Balaban J connectivity index is 1.28. The zero-order chi connectivity index (χ0) is 21.0. The van der Waals surface area contributed by atoms with E-state index in [-0.39, 0.29) is 5.91 Å². The van der Waals surface area contributed by atoms with Crippen molar-refractivity contribution in [3.8, 4) is 22.8 Å². The van der Waals surface area contributed by atoms with E-state index in [4.69, 9.17) is 8.83 Å². The van der Waals surface area contributed by atoms with Crippen molar-refractivity contribution in [2.24, 2.45) is 0 Å². The number of benzene rings is 2. The van der Waals surface area contributed by atoms with E-state index >= 15 is 0 Å². The molecule has 31 heavy (non-hydrogen) atoms. The zero-order valence-corrected chi connectivity index (χ0v) is 16.4. The molecule has 5 aromatic rings. The van der Waals surface area contributed by atoms with Gasteiger partial charge in [-0.15, -0.1) is 0 Å². The molecule has 6 heteroatoms. The number of carbonyl (C=O) groups excluding carboxylic acids is 1. The maximum atomic E-state index is 12.3. The van der Waals surface area contributed by atoms with Gasteiger partial charge in [0.15, 0.2) is 5.58 Å². The fraction of sp³-hybridized carbons (Fsp3) is 0. The lowest BCUT2D eigenvalue weighted by Gasteiger charge is -2.00. The number of fused-ring (bicyclic) bond motifs is 1. The molecule has 0 fully saturated rings. The van der Waals surface area contributed by atoms with Gasteiger partial charge in [-0.05, 0) is 48.5 Å². The second-order valence-corrected chi connectivity index (χ2v) is 6.83. The highest BCUT2D eigenvalue weighted by atomic mass is 16.3. The number of pyridine rings is 1. The maximum absolute atomic E-state index is 12.3. The maximum Gasteiger partial charge on any atom is 0.248 e. The second kappa shape index (κ2) is 8.12. The smallest absolute Gasteiger partial charge is 0.248 e. The van der Waals surface area contributed by atoms with Crippen LogP contribution in [0.3, 0.4) is 0 Å². The van der Waals surface area contributed by atoms with E-state index < -0.39 is 0 Å². The number of anilines is 1. The Morgan fingerprint density at radius 2 is 1.71 bits per heavy atom. The summed E-state index contributed by atoms with van der Waals surface area (Å²) in [6, 6.07) is 22.5. The summed E-state index contributed by atoms with van der Waals surface area (Å²) >= 11 is 0. The first-order valence-electron chi connectivity index (χ1n) is 9.70. The van der Waals surface area contributed by atoms with Crippen LogP contribution in [0.2, 0.25) is 0 Å². The van der Waals surface area contributed by atoms with Gasteiger partial charge in [0.25, 0.3) is 0 Å². The Morgan fingerprint density at radius 3 is 2.55 bits per heavy atom. The Labute approximate surface area is 177 Å². The first kappa shape index (κ1) is 18.6. The summed E-state index contributed by atoms with van der Waals surface area (Å²) in [6.07, 6.45) is 6.44. The summed E-state index contributed by atoms with van der Waals surface area (Å²) < 4.78 is 11.6. The van der Waals surface area contributed by atoms with Crippen molar-refractivity contribution in [2.75, 3.05) is 5.32 Å². The van der Waals surface area contributed by atoms with Crippen molar-refractivity contribution in [3.63, 3.8) is 0 Å². The quantitative estimate of drug-likeness (QED) is 0.372. The van der Waals surface area contributed by atoms with Gasteiger partial charge in [0.2, 0.25) is 11.8 Å². The van der Waals surface area contributed by atoms with Gasteiger partial charge in [0.05, 0.1) is 0 Å². The number of furan rings is 1. The molecule has 6 nitrogen and oxygen atoms in total. The highest BCUT2D eigenvalue weighted by Gasteiger charge is 2.09. The molecule has 0 saturated heterocycles. The van der Waals surface area contributed by atoms with E-state index in [1.165, 1.54) is 6.08 Å². The van der Waals surface area contributed by atoms with Crippen LogP contribution in [0, 0.1) is 0 Å². The van der Waals surface area contributed by atoms with Crippen LogP contribution in [-0.4, -0.2) is 15.9 Å². The highest BCUT2D eigenvalue weighted by Crippen LogP contribution is 2.26. The van der Waals surface area contributed by atoms with Crippen molar-refractivity contribution < 1.29 is 13.6 Å². The predicted molar refractivity (Wildman–Crippen MR) is 119 cm³/mol. The average Bonchev–Trinajstić information content (AvgIpc) is 3.46. The minimum Gasteiger partial charge on any atom is -0.457 e. The molecule has 0 aliphatic carbocycles. The van der Waals surface area contributed by atoms with Gasteiger partial charge in [0, 0.05) is 35.3 Å². The molecule has 0 aliphatic heterocycles. The van der Waals surface area contributed by atoms with E-state index in [9.17, 15) is 4.79 Å². The summed E-state index contributed by atoms with van der Waals surface area (Å²) in [5, 5.41) is 2.83. The van der Waals surface area contributed by atoms with Crippen LogP contribution < -0.4 is 5.32 Å². The Bertz CT molecular complexity index is 1370. The number of oxazole rings is 1. The topological polar surface area (TPSA) is 81.2 Å². The number of carbonyl (C=O) groups is 1. The highest BCUT2D eigenvalue weighted by molar-refractivity contribution is 6.02. The summed E-state index contributed by atoms with van der Waals surface area (Å²) in [7, 11) is 0. The third kappa shape index (κ3) is 4.13. The Kier molecular flexibility index (Phi) is 4.86. The average molecular weight is 407 g/mol. The third-order valence-electron chi connectivity index (χ3n) is 4.67. The SMILES string of the molecule is O=C(/C=C/c1ccc(-c2ccccc2)o1)Nc1ccc2oc(-c3ccncc3)nc2c1. The van der Waals surface area contributed by atoms with E-state index in [2.05, 4.69) is 15.3 Å². The van der Waals surface area contributed by atoms with Crippen molar-refractivity contribution >= 4 is 28.8 Å². The van der Waals surface area contributed by atoms with Crippen molar-refractivity contribution in [3.05, 3.63) is 97.0 Å². The number of hydrogen-bond acceptors (Lipinski definition) is 5. The zero-order valence-electron chi connectivity index (χ0n) is 16.4. The number of amides is 1. The van der Waals surface area contributed by atoms with Gasteiger partial charge in [-0.2, -0.15) is 0 Å². The van der Waals surface area contributed by atoms with Gasteiger partial charge in [-0.25, -0.2) is 4.98 Å². The van der Waals surface area contributed by atoms with E-state index in [0.717, 1.165) is 16.9 Å². The van der Waals surface area contributed by atoms with Gasteiger partial charge in [-0.3, -0.25) is 9.78 Å². The summed E-state index contributed by atoms with van der Waals surface area (Å²) in [6.45, 7) is 0. The molecular weight excluding hydrogens is 390 g/mol. The van der Waals surface area contributed by atoms with Crippen molar-refractivity contribution in [2.45, 2.75) is 0 Å². The number of nitrogens with zero attached hydrogens (tertiary/aromatic N) is 2. The summed E-state index contributed by atoms with van der Waals surface area (Å²) in [4.78, 5) is 20.8. The molecular formula is C25H17N3O3. The molecule has 0 unspecified atom stereocenters. The molecule has 5 rings (SSSR count). The van der Waals surface area contributed by atoms with Crippen LogP contribution in [0.25, 0.3) is 40.0 Å². The van der Waals surface area contributed by atoms with Gasteiger partial charge in [0.1, 0.15) is 17.0 Å². The molecule has 1 N–H and O–H groups in total. The third-order valence-corrected chi connectivity index (χ3v) is 4.67. The van der Waals surface area contributed by atoms with Crippen LogP contribution in [0.5, 0.6) is 0 Å². The Hall–Kier alpha value is -4.45. The molecule has 0 aliphatic rings. The standard InChI is InChI=1S/C25H17N3O3/c29-24(11-8-20-7-10-22(30-20)17-4-2-1-3-5-17)27-19-6-9-23-21(16-19)28-25(31-23)18-12-14-26-15-13-18/h1-16H,(H,27,29)/b11-8+. The number of hydrogen-bond donors (Lipinski definition) is 1. The molecule has 2 aromatic carbocycles. The van der Waals surface area contributed by atoms with Crippen LogP contribution in [0.15, 0.2) is 100 Å². The molecule has 3 heterocycles. The van der Waals surface area contributed by atoms with Crippen molar-refractivity contribution in [1.29, 1.82) is 0 Å². The van der Waals surface area contributed by atoms with Crippen molar-refractivity contribution in [1.82, 2.24) is 9.97 Å². The molecule has 0 atom stereocenters. The van der Waals surface area contributed by atoms with Gasteiger partial charge in [-0.1, -0.05) is 30.3 Å². The van der Waals surface area contributed by atoms with Crippen LogP contribution >= 0.6 is 0 Å². The second-order valence-electron chi connectivity index (χ2n) is 6.83. The van der Waals surface area contributed by atoms with Crippen LogP contribution in [-0.2, 0) is 4.79 Å². The lowest BCUT2D eigenvalue weighted by Crippen LogP contribution is -2.07. The first-order chi connectivity index (χ1) is 15.2. The number of nitrogens with one attached hydrogen (secondary N) is 1.